The standard InChI is InChI=1S/C26H35ClN6O2/c1-17-20-10-8-18(27)15-24(20)33-23-11-9-19(16-21(17)23)35-14-5-3-2-4-12-31-25(34)22(28)7-6-13-32-26(29)30/h8-11,15-16,22H,2-7,12-14,28H2,1H3,(H,31,34)(H4,29,30,32). The maximum atomic E-state index is 12.0. The summed E-state index contributed by atoms with van der Waals surface area (Å²) in [7, 11) is 0. The van der Waals surface area contributed by atoms with E-state index >= 15 is 0 Å². The molecule has 1 atom stereocenters. The number of aryl methyl sites for hydroxylation is 1. The number of carbonyl (C=O) groups is 1. The molecule has 1 unspecified atom stereocenters. The van der Waals surface area contributed by atoms with Crippen LogP contribution in [-0.4, -0.2) is 42.6 Å². The van der Waals surface area contributed by atoms with Gasteiger partial charge in [0.1, 0.15) is 5.75 Å². The highest BCUT2D eigenvalue weighted by Crippen LogP contribution is 2.29. The number of ether oxygens (including phenoxy) is 1. The van der Waals surface area contributed by atoms with E-state index in [0.717, 1.165) is 53.2 Å². The molecule has 0 aliphatic carbocycles. The number of unbranched alkanes of at least 4 members (excludes halogenated alkanes) is 3. The molecule has 1 heterocycles. The van der Waals surface area contributed by atoms with Crippen molar-refractivity contribution in [3.63, 3.8) is 0 Å². The van der Waals surface area contributed by atoms with Crippen molar-refractivity contribution in [1.82, 2.24) is 10.3 Å². The molecule has 0 radical (unpaired) electrons. The minimum absolute atomic E-state index is 0.0536. The number of nitrogens with one attached hydrogen (secondary N) is 1. The zero-order valence-electron chi connectivity index (χ0n) is 20.2. The molecule has 3 aromatic rings. The molecule has 3 rings (SSSR count). The molecule has 9 heteroatoms. The molecule has 8 nitrogen and oxygen atoms in total. The van der Waals surface area contributed by atoms with E-state index in [9.17, 15) is 4.79 Å². The lowest BCUT2D eigenvalue weighted by molar-refractivity contribution is -0.122. The number of pyridine rings is 1. The number of amides is 1. The number of hydrogen-bond donors (Lipinski definition) is 4. The van der Waals surface area contributed by atoms with E-state index in [4.69, 9.17) is 38.5 Å². The SMILES string of the molecule is Cc1c2ccc(Cl)cc2nc2ccc(OCCCCCCNC(=O)C(N)CCCN=C(N)N)cc12. The van der Waals surface area contributed by atoms with Gasteiger partial charge in [-0.2, -0.15) is 0 Å². The van der Waals surface area contributed by atoms with E-state index < -0.39 is 6.04 Å². The minimum Gasteiger partial charge on any atom is -0.494 e. The number of rotatable bonds is 13. The molecule has 2 aromatic carbocycles. The van der Waals surface area contributed by atoms with Crippen molar-refractivity contribution < 1.29 is 9.53 Å². The van der Waals surface area contributed by atoms with Crippen molar-refractivity contribution in [2.75, 3.05) is 19.7 Å². The summed E-state index contributed by atoms with van der Waals surface area (Å²) in [4.78, 5) is 20.6. The van der Waals surface area contributed by atoms with Crippen LogP contribution >= 0.6 is 11.6 Å². The summed E-state index contributed by atoms with van der Waals surface area (Å²) in [5.74, 6) is 0.768. The third-order valence-corrected chi connectivity index (χ3v) is 6.16. The summed E-state index contributed by atoms with van der Waals surface area (Å²) in [5.41, 5.74) is 19.4. The monoisotopic (exact) mass is 498 g/mol. The van der Waals surface area contributed by atoms with E-state index in [0.29, 0.717) is 37.6 Å². The number of fused-ring (bicyclic) bond motifs is 2. The highest BCUT2D eigenvalue weighted by molar-refractivity contribution is 6.31. The molecule has 1 aromatic heterocycles. The summed E-state index contributed by atoms with van der Waals surface area (Å²) in [5, 5.41) is 5.76. The Labute approximate surface area is 211 Å². The van der Waals surface area contributed by atoms with Gasteiger partial charge in [-0.15, -0.1) is 0 Å². The number of nitrogens with two attached hydrogens (primary N) is 3. The van der Waals surface area contributed by atoms with Gasteiger partial charge < -0.3 is 27.3 Å². The zero-order valence-corrected chi connectivity index (χ0v) is 21.0. The molecule has 0 bridgehead atoms. The molecule has 0 saturated carbocycles. The van der Waals surface area contributed by atoms with Crippen molar-refractivity contribution >= 4 is 45.3 Å². The average molecular weight is 499 g/mol. The van der Waals surface area contributed by atoms with E-state index in [1.54, 1.807) is 0 Å². The van der Waals surface area contributed by atoms with Crippen molar-refractivity contribution in [3.8, 4) is 5.75 Å². The summed E-state index contributed by atoms with van der Waals surface area (Å²) in [6, 6.07) is 11.3. The Morgan fingerprint density at radius 3 is 2.66 bits per heavy atom. The number of aromatic nitrogens is 1. The smallest absolute Gasteiger partial charge is 0.236 e. The van der Waals surface area contributed by atoms with Gasteiger partial charge in [0.15, 0.2) is 5.96 Å². The fourth-order valence-corrected chi connectivity index (χ4v) is 4.12. The van der Waals surface area contributed by atoms with Gasteiger partial charge in [0, 0.05) is 28.9 Å². The van der Waals surface area contributed by atoms with Crippen LogP contribution in [0.25, 0.3) is 21.8 Å². The normalized spacial score (nSPS) is 12.0. The van der Waals surface area contributed by atoms with Crippen molar-refractivity contribution in [1.29, 1.82) is 0 Å². The third-order valence-electron chi connectivity index (χ3n) is 5.92. The highest BCUT2D eigenvalue weighted by atomic mass is 35.5. The molecular formula is C26H35ClN6O2. The molecule has 0 aliphatic heterocycles. The third kappa shape index (κ3) is 7.97. The van der Waals surface area contributed by atoms with Crippen molar-refractivity contribution in [3.05, 3.63) is 47.0 Å². The summed E-state index contributed by atoms with van der Waals surface area (Å²) in [6.45, 7) is 3.85. The maximum Gasteiger partial charge on any atom is 0.236 e. The van der Waals surface area contributed by atoms with E-state index in [1.807, 2.05) is 30.3 Å². The molecule has 7 N–H and O–H groups in total. The predicted octanol–water partition coefficient (Wildman–Crippen LogP) is 3.79. The van der Waals surface area contributed by atoms with Gasteiger partial charge >= 0.3 is 0 Å². The summed E-state index contributed by atoms with van der Waals surface area (Å²) in [6.07, 6.45) is 5.12. The first kappa shape index (κ1) is 26.5. The Balaban J connectivity index is 1.34. The fourth-order valence-electron chi connectivity index (χ4n) is 3.96. The van der Waals surface area contributed by atoms with Crippen LogP contribution < -0.4 is 27.3 Å². The molecule has 188 valence electrons. The number of hydrogen-bond acceptors (Lipinski definition) is 5. The first-order valence-corrected chi connectivity index (χ1v) is 12.4. The Morgan fingerprint density at radius 1 is 1.06 bits per heavy atom. The van der Waals surface area contributed by atoms with Gasteiger partial charge in [0.25, 0.3) is 0 Å². The molecule has 0 saturated heterocycles. The Morgan fingerprint density at radius 2 is 1.86 bits per heavy atom. The van der Waals surface area contributed by atoms with Crippen molar-refractivity contribution in [2.24, 2.45) is 22.2 Å². The average Bonchev–Trinajstić information content (AvgIpc) is 2.83. The number of carbonyl (C=O) groups excluding carboxylic acids is 1. The first-order chi connectivity index (χ1) is 16.8. The highest BCUT2D eigenvalue weighted by Gasteiger charge is 2.12. The molecule has 0 fully saturated rings. The first-order valence-electron chi connectivity index (χ1n) is 12.1. The Bertz CT molecular complexity index is 1180. The second kappa shape index (κ2) is 13.1. The number of benzene rings is 2. The summed E-state index contributed by atoms with van der Waals surface area (Å²) >= 11 is 6.12. The molecule has 1 amide bonds. The second-order valence-electron chi connectivity index (χ2n) is 8.69. The lowest BCUT2D eigenvalue weighted by Crippen LogP contribution is -2.41. The topological polar surface area (TPSA) is 142 Å². The van der Waals surface area contributed by atoms with E-state index in [2.05, 4.69) is 23.3 Å². The van der Waals surface area contributed by atoms with E-state index in [1.165, 1.54) is 5.56 Å². The van der Waals surface area contributed by atoms with Crippen LogP contribution in [-0.2, 0) is 4.79 Å². The van der Waals surface area contributed by atoms with Crippen LogP contribution in [0.15, 0.2) is 41.4 Å². The number of nitrogens with zero attached hydrogens (tertiary/aromatic N) is 2. The van der Waals surface area contributed by atoms with Crippen LogP contribution in [0.1, 0.15) is 44.1 Å². The minimum atomic E-state index is -0.533. The van der Waals surface area contributed by atoms with Crippen LogP contribution in [0.4, 0.5) is 0 Å². The molecular weight excluding hydrogens is 464 g/mol. The number of aliphatic imine (C=N–C) groups is 1. The quantitative estimate of drug-likeness (QED) is 0.122. The van der Waals surface area contributed by atoms with Gasteiger partial charge in [-0.1, -0.05) is 30.5 Å². The van der Waals surface area contributed by atoms with Crippen LogP contribution in [0.2, 0.25) is 5.02 Å². The number of guanidine groups is 1. The second-order valence-corrected chi connectivity index (χ2v) is 9.12. The number of halogens is 1. The summed E-state index contributed by atoms with van der Waals surface area (Å²) < 4.78 is 5.98. The van der Waals surface area contributed by atoms with Crippen LogP contribution in [0.3, 0.4) is 0 Å². The Hall–Kier alpha value is -3.10. The van der Waals surface area contributed by atoms with Crippen LogP contribution in [0.5, 0.6) is 5.75 Å². The maximum absolute atomic E-state index is 12.0. The zero-order chi connectivity index (χ0) is 25.2. The molecule has 0 aliphatic rings. The lowest BCUT2D eigenvalue weighted by Gasteiger charge is -2.12. The van der Waals surface area contributed by atoms with Gasteiger partial charge in [-0.3, -0.25) is 9.79 Å². The Kier molecular flexibility index (Phi) is 9.93. The fraction of sp³-hybridized carbons (Fsp3) is 0.423. The van der Waals surface area contributed by atoms with Gasteiger partial charge in [0.05, 0.1) is 23.7 Å². The molecule has 35 heavy (non-hydrogen) atoms. The van der Waals surface area contributed by atoms with Gasteiger partial charge in [-0.25, -0.2) is 4.98 Å². The van der Waals surface area contributed by atoms with Crippen molar-refractivity contribution in [2.45, 2.75) is 51.5 Å². The molecule has 0 spiro atoms. The van der Waals surface area contributed by atoms with E-state index in [-0.39, 0.29) is 11.9 Å². The van der Waals surface area contributed by atoms with Gasteiger partial charge in [-0.05, 0) is 68.5 Å². The van der Waals surface area contributed by atoms with Gasteiger partial charge in [0.2, 0.25) is 5.91 Å². The predicted molar refractivity (Wildman–Crippen MR) is 144 cm³/mol. The van der Waals surface area contributed by atoms with Crippen LogP contribution in [0, 0.1) is 6.92 Å². The largest absolute Gasteiger partial charge is 0.494 e. The lowest BCUT2D eigenvalue weighted by atomic mass is 10.0.